The summed E-state index contributed by atoms with van der Waals surface area (Å²) in [4.78, 5) is 17.6. The van der Waals surface area contributed by atoms with Gasteiger partial charge in [0.1, 0.15) is 0 Å². The van der Waals surface area contributed by atoms with Crippen LogP contribution in [0.25, 0.3) is 21.8 Å². The molecule has 1 aliphatic heterocycles. The molecule has 0 spiro atoms. The van der Waals surface area contributed by atoms with Crippen LogP contribution in [0.3, 0.4) is 0 Å². The van der Waals surface area contributed by atoms with Crippen LogP contribution >= 0.6 is 12.4 Å². The van der Waals surface area contributed by atoms with Crippen LogP contribution in [0.1, 0.15) is 43.5 Å². The lowest BCUT2D eigenvalue weighted by molar-refractivity contribution is 0.0977. The molecule has 1 fully saturated rings. The quantitative estimate of drug-likeness (QED) is 0.455. The molecule has 0 bridgehead atoms. The first kappa shape index (κ1) is 25.7. The van der Waals surface area contributed by atoms with Gasteiger partial charge < -0.3 is 19.7 Å². The number of Topliss-reactive ketones (excluding diaryl/α,β-unsaturated/α-hetero) is 1. The highest BCUT2D eigenvalue weighted by Crippen LogP contribution is 2.30. The predicted octanol–water partition coefficient (Wildman–Crippen LogP) is 4.81. The maximum Gasteiger partial charge on any atom is 0.162 e. The van der Waals surface area contributed by atoms with Gasteiger partial charge in [-0.2, -0.15) is 0 Å². The summed E-state index contributed by atoms with van der Waals surface area (Å²) >= 11 is 0. The van der Waals surface area contributed by atoms with Crippen LogP contribution in [0.15, 0.2) is 42.5 Å². The minimum absolute atomic E-state index is 0. The highest BCUT2D eigenvalue weighted by molar-refractivity contribution is 6.10. The number of ketones is 1. The first-order valence-electron chi connectivity index (χ1n) is 12.1. The molecule has 0 saturated carbocycles. The van der Waals surface area contributed by atoms with Crippen molar-refractivity contribution >= 4 is 40.0 Å². The fraction of sp³-hybridized carbons (Fsp3) is 0.519. The maximum absolute atomic E-state index is 12.8. The van der Waals surface area contributed by atoms with Gasteiger partial charge in [0.25, 0.3) is 0 Å². The molecular weight excluding hydrogens is 432 g/mol. The van der Waals surface area contributed by atoms with E-state index in [0.717, 1.165) is 51.1 Å². The van der Waals surface area contributed by atoms with E-state index < -0.39 is 0 Å². The van der Waals surface area contributed by atoms with Crippen molar-refractivity contribution < 1.29 is 4.79 Å². The first-order chi connectivity index (χ1) is 15.4. The molecule has 1 saturated heterocycles. The van der Waals surface area contributed by atoms with Crippen LogP contribution in [0.5, 0.6) is 0 Å². The molecule has 2 aromatic carbocycles. The van der Waals surface area contributed by atoms with E-state index in [9.17, 15) is 4.79 Å². The Morgan fingerprint density at radius 2 is 1.67 bits per heavy atom. The van der Waals surface area contributed by atoms with Gasteiger partial charge in [0, 0.05) is 65.5 Å². The first-order valence-corrected chi connectivity index (χ1v) is 12.1. The van der Waals surface area contributed by atoms with Crippen molar-refractivity contribution in [2.24, 2.45) is 0 Å². The number of hydrogen-bond acceptors (Lipinski definition) is 4. The van der Waals surface area contributed by atoms with Crippen molar-refractivity contribution in [3.05, 3.63) is 48.0 Å². The van der Waals surface area contributed by atoms with Crippen molar-refractivity contribution in [1.82, 2.24) is 19.7 Å². The summed E-state index contributed by atoms with van der Waals surface area (Å²) in [6.45, 7) is 9.78. The summed E-state index contributed by atoms with van der Waals surface area (Å²) in [5.74, 6) is 0.245. The molecule has 0 unspecified atom stereocenters. The van der Waals surface area contributed by atoms with Crippen LogP contribution in [-0.2, 0) is 6.54 Å². The van der Waals surface area contributed by atoms with Crippen molar-refractivity contribution in [2.75, 3.05) is 40.3 Å². The van der Waals surface area contributed by atoms with Gasteiger partial charge in [-0.15, -0.1) is 12.4 Å². The summed E-state index contributed by atoms with van der Waals surface area (Å²) in [6, 6.07) is 16.0. The Labute approximate surface area is 204 Å². The Morgan fingerprint density at radius 3 is 2.39 bits per heavy atom. The number of para-hydroxylation sites is 1. The van der Waals surface area contributed by atoms with Crippen molar-refractivity contribution in [3.63, 3.8) is 0 Å². The molecule has 3 aromatic rings. The van der Waals surface area contributed by atoms with E-state index in [1.54, 1.807) is 0 Å². The average molecular weight is 471 g/mol. The van der Waals surface area contributed by atoms with Crippen molar-refractivity contribution in [3.8, 4) is 0 Å². The van der Waals surface area contributed by atoms with Gasteiger partial charge in [0.05, 0.1) is 0 Å². The smallest absolute Gasteiger partial charge is 0.162 e. The van der Waals surface area contributed by atoms with E-state index in [2.05, 4.69) is 84.0 Å². The number of piperazine rings is 1. The van der Waals surface area contributed by atoms with Crippen LogP contribution in [0.4, 0.5) is 0 Å². The molecule has 0 aliphatic carbocycles. The second kappa shape index (κ2) is 11.5. The number of aromatic nitrogens is 1. The normalized spacial score (nSPS) is 19.3. The van der Waals surface area contributed by atoms with Crippen molar-refractivity contribution in [1.29, 1.82) is 0 Å². The number of hydrogen-bond donors (Lipinski definition) is 1. The minimum atomic E-state index is 0. The summed E-state index contributed by atoms with van der Waals surface area (Å²) < 4.78 is 2.43. The molecule has 6 heteroatoms. The predicted molar refractivity (Wildman–Crippen MR) is 142 cm³/mol. The third-order valence-corrected chi connectivity index (χ3v) is 6.59. The molecule has 1 N–H and O–H groups in total. The number of fused-ring (bicyclic) bond motifs is 3. The Balaban J connectivity index is 0.00000306. The number of nitrogens with zero attached hydrogens (tertiary/aromatic N) is 3. The molecule has 2 heterocycles. The average Bonchev–Trinajstić information content (AvgIpc) is 3.06. The molecule has 0 amide bonds. The fourth-order valence-electron chi connectivity index (χ4n) is 5.24. The second-order valence-corrected chi connectivity index (χ2v) is 9.81. The Kier molecular flexibility index (Phi) is 8.94. The topological polar surface area (TPSA) is 40.5 Å². The van der Waals surface area contributed by atoms with Gasteiger partial charge in [0.2, 0.25) is 0 Å². The lowest BCUT2D eigenvalue weighted by Crippen LogP contribution is -2.54. The number of nitrogens with one attached hydrogen (secondary N) is 1. The van der Waals surface area contributed by atoms with E-state index in [0.29, 0.717) is 18.5 Å². The Bertz CT molecular complexity index is 1070. The van der Waals surface area contributed by atoms with Gasteiger partial charge in [-0.05, 0) is 66.0 Å². The summed E-state index contributed by atoms with van der Waals surface area (Å²) in [5.41, 5.74) is 3.29. The van der Waals surface area contributed by atoms with E-state index in [1.165, 1.54) is 21.8 Å². The lowest BCUT2D eigenvalue weighted by atomic mass is 10.0. The number of carbonyl (C=O) groups excluding carboxylic acids is 1. The van der Waals surface area contributed by atoms with E-state index in [4.69, 9.17) is 0 Å². The van der Waals surface area contributed by atoms with E-state index in [1.807, 2.05) is 6.07 Å². The van der Waals surface area contributed by atoms with Gasteiger partial charge in [-0.3, -0.25) is 4.79 Å². The molecule has 1 aliphatic rings. The van der Waals surface area contributed by atoms with Gasteiger partial charge in [-0.1, -0.05) is 30.3 Å². The second-order valence-electron chi connectivity index (χ2n) is 9.81. The van der Waals surface area contributed by atoms with Crippen LogP contribution in [-0.4, -0.2) is 72.5 Å². The van der Waals surface area contributed by atoms with Crippen LogP contribution < -0.4 is 5.32 Å². The van der Waals surface area contributed by atoms with Crippen LogP contribution in [0.2, 0.25) is 0 Å². The summed E-state index contributed by atoms with van der Waals surface area (Å²) in [7, 11) is 4.10. The summed E-state index contributed by atoms with van der Waals surface area (Å²) in [6.07, 6.45) is 2.60. The van der Waals surface area contributed by atoms with Gasteiger partial charge >= 0.3 is 0 Å². The number of halogens is 1. The van der Waals surface area contributed by atoms with E-state index >= 15 is 0 Å². The van der Waals surface area contributed by atoms with Gasteiger partial charge in [-0.25, -0.2) is 0 Å². The zero-order valence-electron chi connectivity index (χ0n) is 20.5. The lowest BCUT2D eigenvalue weighted by Gasteiger charge is -2.36. The maximum atomic E-state index is 12.8. The van der Waals surface area contributed by atoms with Crippen LogP contribution in [0, 0.1) is 0 Å². The Hall–Kier alpha value is -1.92. The summed E-state index contributed by atoms with van der Waals surface area (Å²) in [5, 5.41) is 6.14. The molecular formula is C27H39ClN4O. The SMILES string of the molecule is C[C@@H]1CN(CCCn2c3ccccc3c3ccc(C(=O)CCCN(C)C)cc32)C[C@H](C)N1.Cl. The Morgan fingerprint density at radius 1 is 0.970 bits per heavy atom. The molecule has 4 rings (SSSR count). The fourth-order valence-corrected chi connectivity index (χ4v) is 5.24. The van der Waals surface area contributed by atoms with E-state index in [-0.39, 0.29) is 18.2 Å². The third-order valence-electron chi connectivity index (χ3n) is 6.59. The highest BCUT2D eigenvalue weighted by atomic mass is 35.5. The van der Waals surface area contributed by atoms with Gasteiger partial charge in [0.15, 0.2) is 5.78 Å². The largest absolute Gasteiger partial charge is 0.340 e. The third kappa shape index (κ3) is 6.15. The highest BCUT2D eigenvalue weighted by Gasteiger charge is 2.20. The number of carbonyl (C=O) groups is 1. The number of benzene rings is 2. The molecule has 33 heavy (non-hydrogen) atoms. The standard InChI is InChI=1S/C27H38N4O.ClH/c1-20-18-30(19-21(2)28-20)15-8-16-31-25-10-6-5-9-23(25)24-13-12-22(17-26(24)31)27(32)11-7-14-29(3)4;/h5-6,9-10,12-13,17,20-21,28H,7-8,11,14-16,18-19H2,1-4H3;1H/t20-,21+;. The molecule has 2 atom stereocenters. The number of rotatable bonds is 9. The molecule has 5 nitrogen and oxygen atoms in total. The zero-order chi connectivity index (χ0) is 22.7. The molecule has 1 aromatic heterocycles. The minimum Gasteiger partial charge on any atom is -0.340 e. The van der Waals surface area contributed by atoms with Crippen molar-refractivity contribution in [2.45, 2.75) is 51.7 Å². The molecule has 180 valence electrons. The monoisotopic (exact) mass is 470 g/mol. The molecule has 0 radical (unpaired) electrons. The number of aryl methyl sites for hydroxylation is 1. The zero-order valence-corrected chi connectivity index (χ0v) is 21.3.